The summed E-state index contributed by atoms with van der Waals surface area (Å²) in [6.45, 7) is 4.56. The number of hydrogen-bond acceptors (Lipinski definition) is 4. The van der Waals surface area contributed by atoms with Gasteiger partial charge in [0, 0.05) is 13.1 Å². The highest BCUT2D eigenvalue weighted by Crippen LogP contribution is 2.25. The molecule has 1 aromatic heterocycles. The van der Waals surface area contributed by atoms with Gasteiger partial charge in [-0.05, 0) is 37.4 Å². The van der Waals surface area contributed by atoms with Gasteiger partial charge in [-0.2, -0.15) is 0 Å². The Hall–Kier alpha value is -0.420. The van der Waals surface area contributed by atoms with Gasteiger partial charge in [-0.1, -0.05) is 24.7 Å². The minimum absolute atomic E-state index is 0.779. The van der Waals surface area contributed by atoms with Crippen LogP contribution in [0.3, 0.4) is 0 Å². The molecule has 1 aliphatic heterocycles. The molecule has 1 unspecified atom stereocenters. The molecule has 1 fully saturated rings. The summed E-state index contributed by atoms with van der Waals surface area (Å²) in [6.07, 6.45) is 5.25. The van der Waals surface area contributed by atoms with Gasteiger partial charge in [0.1, 0.15) is 0 Å². The van der Waals surface area contributed by atoms with Gasteiger partial charge in [0.2, 0.25) is 5.13 Å². The van der Waals surface area contributed by atoms with Gasteiger partial charge in [0.25, 0.3) is 0 Å². The van der Waals surface area contributed by atoms with Crippen molar-refractivity contribution in [3.8, 4) is 0 Å². The van der Waals surface area contributed by atoms with Crippen LogP contribution in [0, 0.1) is 9.87 Å². The highest BCUT2D eigenvalue weighted by atomic mass is 32.1. The minimum Gasteiger partial charge on any atom is -0.347 e. The third-order valence-corrected chi connectivity index (χ3v) is 4.27. The first kappa shape index (κ1) is 11.1. The Morgan fingerprint density at radius 3 is 3.07 bits per heavy atom. The Morgan fingerprint density at radius 1 is 1.53 bits per heavy atom. The zero-order valence-electron chi connectivity index (χ0n) is 9.03. The number of nitrogens with zero attached hydrogens (tertiary/aromatic N) is 2. The summed E-state index contributed by atoms with van der Waals surface area (Å²) >= 11 is 6.64. The van der Waals surface area contributed by atoms with Gasteiger partial charge in [0.05, 0.1) is 0 Å². The van der Waals surface area contributed by atoms with Crippen molar-refractivity contribution in [1.29, 1.82) is 0 Å². The predicted molar refractivity (Wildman–Crippen MR) is 67.1 cm³/mol. The Labute approximate surface area is 99.5 Å². The summed E-state index contributed by atoms with van der Waals surface area (Å²) < 4.78 is 0.779. The molecule has 2 rings (SSSR count). The van der Waals surface area contributed by atoms with Gasteiger partial charge in [-0.3, -0.25) is 5.10 Å². The monoisotopic (exact) mass is 243 g/mol. The first-order chi connectivity index (χ1) is 7.29. The summed E-state index contributed by atoms with van der Waals surface area (Å²) in [6, 6.07) is 0. The van der Waals surface area contributed by atoms with Crippen molar-refractivity contribution >= 4 is 28.7 Å². The molecule has 84 valence electrons. The lowest BCUT2D eigenvalue weighted by Crippen LogP contribution is -2.23. The van der Waals surface area contributed by atoms with E-state index in [1.54, 1.807) is 11.3 Å². The molecule has 3 nitrogen and oxygen atoms in total. The van der Waals surface area contributed by atoms with Gasteiger partial charge in [-0.15, -0.1) is 5.10 Å². The fraction of sp³-hybridized carbons (Fsp3) is 0.800. The van der Waals surface area contributed by atoms with Gasteiger partial charge >= 0.3 is 0 Å². The maximum absolute atomic E-state index is 5.06. The molecule has 0 radical (unpaired) electrons. The van der Waals surface area contributed by atoms with Gasteiger partial charge in [-0.25, -0.2) is 0 Å². The first-order valence-corrected chi connectivity index (χ1v) is 6.82. The quantitative estimate of drug-likeness (QED) is 0.809. The first-order valence-electron chi connectivity index (χ1n) is 5.60. The average molecular weight is 243 g/mol. The van der Waals surface area contributed by atoms with E-state index in [-0.39, 0.29) is 0 Å². The van der Waals surface area contributed by atoms with Gasteiger partial charge < -0.3 is 4.90 Å². The zero-order valence-corrected chi connectivity index (χ0v) is 10.7. The van der Waals surface area contributed by atoms with Gasteiger partial charge in [0.15, 0.2) is 3.95 Å². The molecule has 2 heterocycles. The van der Waals surface area contributed by atoms with E-state index < -0.39 is 0 Å². The smallest absolute Gasteiger partial charge is 0.206 e. The van der Waals surface area contributed by atoms with E-state index >= 15 is 0 Å². The molecule has 0 spiro atoms. The highest BCUT2D eigenvalue weighted by molar-refractivity contribution is 7.73. The summed E-state index contributed by atoms with van der Waals surface area (Å²) in [5.41, 5.74) is 0. The number of rotatable bonds is 2. The van der Waals surface area contributed by atoms with Crippen LogP contribution in [-0.4, -0.2) is 23.3 Å². The molecule has 1 atom stereocenters. The topological polar surface area (TPSA) is 31.9 Å². The van der Waals surface area contributed by atoms with E-state index in [2.05, 4.69) is 22.0 Å². The largest absolute Gasteiger partial charge is 0.347 e. The molecule has 0 amide bonds. The van der Waals surface area contributed by atoms with Crippen molar-refractivity contribution in [3.05, 3.63) is 3.95 Å². The lowest BCUT2D eigenvalue weighted by molar-refractivity contribution is 0.459. The number of H-pyrrole nitrogens is 1. The summed E-state index contributed by atoms with van der Waals surface area (Å²) in [7, 11) is 0. The van der Waals surface area contributed by atoms with Crippen LogP contribution < -0.4 is 4.90 Å². The number of hydrogen-bond donors (Lipinski definition) is 1. The second-order valence-corrected chi connectivity index (χ2v) is 5.73. The van der Waals surface area contributed by atoms with Crippen molar-refractivity contribution in [2.24, 2.45) is 5.92 Å². The predicted octanol–water partition coefficient (Wildman–Crippen LogP) is 3.22. The molecule has 1 N–H and O–H groups in total. The van der Waals surface area contributed by atoms with Crippen molar-refractivity contribution in [3.63, 3.8) is 0 Å². The Balaban J connectivity index is 2.02. The van der Waals surface area contributed by atoms with Crippen LogP contribution in [0.5, 0.6) is 0 Å². The van der Waals surface area contributed by atoms with Crippen molar-refractivity contribution in [1.82, 2.24) is 10.2 Å². The Kier molecular flexibility index (Phi) is 3.75. The zero-order chi connectivity index (χ0) is 10.7. The van der Waals surface area contributed by atoms with Crippen LogP contribution in [0.15, 0.2) is 0 Å². The molecular formula is C10H17N3S2. The second-order valence-electron chi connectivity index (χ2n) is 4.09. The molecule has 5 heteroatoms. The fourth-order valence-corrected chi connectivity index (χ4v) is 3.05. The van der Waals surface area contributed by atoms with Crippen LogP contribution in [-0.2, 0) is 0 Å². The molecule has 0 bridgehead atoms. The maximum Gasteiger partial charge on any atom is 0.206 e. The third-order valence-electron chi connectivity index (χ3n) is 3.12. The molecule has 1 saturated heterocycles. The Bertz CT molecular complexity index is 358. The number of nitrogens with one attached hydrogen (secondary N) is 1. The molecule has 1 aliphatic rings. The van der Waals surface area contributed by atoms with Crippen LogP contribution in [0.2, 0.25) is 0 Å². The van der Waals surface area contributed by atoms with E-state index in [1.807, 2.05) is 0 Å². The molecule has 0 aliphatic carbocycles. The van der Waals surface area contributed by atoms with Crippen LogP contribution in [0.1, 0.15) is 32.6 Å². The van der Waals surface area contributed by atoms with Crippen molar-refractivity contribution in [2.75, 3.05) is 18.0 Å². The lowest BCUT2D eigenvalue weighted by Gasteiger charge is -2.18. The van der Waals surface area contributed by atoms with E-state index in [9.17, 15) is 0 Å². The lowest BCUT2D eigenvalue weighted by atomic mass is 9.98. The number of aromatic nitrogens is 2. The molecule has 15 heavy (non-hydrogen) atoms. The minimum atomic E-state index is 0.779. The number of aromatic amines is 1. The van der Waals surface area contributed by atoms with E-state index in [4.69, 9.17) is 12.2 Å². The summed E-state index contributed by atoms with van der Waals surface area (Å²) in [4.78, 5) is 2.37. The second kappa shape index (κ2) is 5.07. The van der Waals surface area contributed by atoms with Crippen LogP contribution in [0.4, 0.5) is 5.13 Å². The van der Waals surface area contributed by atoms with Crippen LogP contribution >= 0.6 is 23.6 Å². The molecule has 0 saturated carbocycles. The van der Waals surface area contributed by atoms with E-state index in [1.165, 1.54) is 25.7 Å². The molecule has 0 aromatic carbocycles. The van der Waals surface area contributed by atoms with E-state index in [0.29, 0.717) is 0 Å². The third kappa shape index (κ3) is 2.78. The average Bonchev–Trinajstić information content (AvgIpc) is 2.54. The SMILES string of the molecule is CCC1CCCN(c2n[nH]c(=S)s2)CC1. The van der Waals surface area contributed by atoms with E-state index in [0.717, 1.165) is 28.1 Å². The summed E-state index contributed by atoms with van der Waals surface area (Å²) in [5.74, 6) is 0.905. The summed E-state index contributed by atoms with van der Waals surface area (Å²) in [5, 5.41) is 8.17. The molecule has 1 aromatic rings. The number of anilines is 1. The highest BCUT2D eigenvalue weighted by Gasteiger charge is 2.17. The maximum atomic E-state index is 5.06. The normalized spacial score (nSPS) is 22.7. The fourth-order valence-electron chi connectivity index (χ4n) is 2.12. The van der Waals surface area contributed by atoms with Crippen molar-refractivity contribution < 1.29 is 0 Å². The standard InChI is InChI=1S/C10H17N3S2/c1-2-8-4-3-6-13(7-5-8)9-11-12-10(14)15-9/h8H,2-7H2,1H3,(H,12,14). The molecular weight excluding hydrogens is 226 g/mol. The Morgan fingerprint density at radius 2 is 2.40 bits per heavy atom. The van der Waals surface area contributed by atoms with Crippen molar-refractivity contribution in [2.45, 2.75) is 32.6 Å². The van der Waals surface area contributed by atoms with Crippen LogP contribution in [0.25, 0.3) is 0 Å².